The minimum absolute atomic E-state index is 0.0823. The molecule has 0 radical (unpaired) electrons. The second-order valence-electron chi connectivity index (χ2n) is 12.8. The molecule has 1 N–H and O–H groups in total. The molecule has 1 unspecified atom stereocenters. The van der Waals surface area contributed by atoms with Gasteiger partial charge in [0.15, 0.2) is 5.78 Å². The first kappa shape index (κ1) is 30.0. The monoisotopic (exact) mass is 557 g/mol. The van der Waals surface area contributed by atoms with Gasteiger partial charge in [0.1, 0.15) is 8.07 Å². The van der Waals surface area contributed by atoms with Gasteiger partial charge in [-0.1, -0.05) is 61.3 Å². The van der Waals surface area contributed by atoms with E-state index in [1.54, 1.807) is 6.08 Å². The highest BCUT2D eigenvalue weighted by Crippen LogP contribution is 2.42. The van der Waals surface area contributed by atoms with Crippen LogP contribution in [0.3, 0.4) is 0 Å². The molecule has 1 aliphatic carbocycles. The topological polar surface area (TPSA) is 61.4 Å². The summed E-state index contributed by atoms with van der Waals surface area (Å²) in [5.74, 6) is 3.92. The number of ketones is 1. The van der Waals surface area contributed by atoms with E-state index >= 15 is 0 Å². The Morgan fingerprint density at radius 1 is 0.925 bits per heavy atom. The summed E-state index contributed by atoms with van der Waals surface area (Å²) in [6.45, 7) is 22.2. The molecule has 1 saturated heterocycles. The van der Waals surface area contributed by atoms with Gasteiger partial charge >= 0.3 is 0 Å². The largest absolute Gasteiger partial charge is 0.369 e. The minimum Gasteiger partial charge on any atom is -0.369 e. The van der Waals surface area contributed by atoms with E-state index in [1.807, 2.05) is 6.20 Å². The first-order valence-corrected chi connectivity index (χ1v) is 17.1. The summed E-state index contributed by atoms with van der Waals surface area (Å²) >= 11 is 0. The Kier molecular flexibility index (Phi) is 9.21. The Hall–Kier alpha value is -2.95. The molecule has 214 valence electrons. The zero-order valence-corrected chi connectivity index (χ0v) is 26.9. The summed E-state index contributed by atoms with van der Waals surface area (Å²) in [5.41, 5.74) is 9.94. The van der Waals surface area contributed by atoms with Crippen LogP contribution in [-0.2, 0) is 4.79 Å². The average molecular weight is 558 g/mol. The number of rotatable bonds is 7. The first-order chi connectivity index (χ1) is 18.9. The number of carbonyl (C=O) groups excluding carboxylic acids is 1. The van der Waals surface area contributed by atoms with Crippen LogP contribution in [0.5, 0.6) is 0 Å². The maximum atomic E-state index is 13.4. The summed E-state index contributed by atoms with van der Waals surface area (Å²) in [6.07, 6.45) is 3.60. The van der Waals surface area contributed by atoms with Crippen LogP contribution in [0.2, 0.25) is 16.6 Å². The molecular formula is C33H47N5OSi. The third-order valence-corrected chi connectivity index (χ3v) is 15.2. The molecule has 0 saturated carbocycles. The van der Waals surface area contributed by atoms with E-state index in [0.717, 1.165) is 48.7 Å². The lowest BCUT2D eigenvalue weighted by atomic mass is 9.80. The molecule has 1 fully saturated rings. The van der Waals surface area contributed by atoms with Gasteiger partial charge in [0.25, 0.3) is 0 Å². The van der Waals surface area contributed by atoms with Crippen molar-refractivity contribution >= 4 is 36.8 Å². The smallest absolute Gasteiger partial charge is 0.227 e. The second-order valence-corrected chi connectivity index (χ2v) is 18.4. The Labute approximate surface area is 242 Å². The third kappa shape index (κ3) is 6.04. The van der Waals surface area contributed by atoms with E-state index in [-0.39, 0.29) is 17.6 Å². The number of aromatic nitrogens is 2. The van der Waals surface area contributed by atoms with Crippen LogP contribution in [0.4, 0.5) is 17.3 Å². The van der Waals surface area contributed by atoms with Crippen molar-refractivity contribution in [3.63, 3.8) is 0 Å². The molecule has 2 aliphatic rings. The second kappa shape index (κ2) is 12.3. The van der Waals surface area contributed by atoms with E-state index in [4.69, 9.17) is 4.98 Å². The fourth-order valence-electron chi connectivity index (χ4n) is 6.65. The summed E-state index contributed by atoms with van der Waals surface area (Å²) in [4.78, 5) is 27.8. The van der Waals surface area contributed by atoms with Gasteiger partial charge in [-0.05, 0) is 59.9 Å². The van der Waals surface area contributed by atoms with Crippen LogP contribution in [0, 0.1) is 17.4 Å². The summed E-state index contributed by atoms with van der Waals surface area (Å²) < 4.78 is 0. The summed E-state index contributed by atoms with van der Waals surface area (Å²) in [5, 5.41) is 3.37. The molecule has 4 rings (SSSR count). The summed E-state index contributed by atoms with van der Waals surface area (Å²) in [7, 11) is 0.222. The van der Waals surface area contributed by atoms with Crippen molar-refractivity contribution in [1.29, 1.82) is 0 Å². The minimum atomic E-state index is -1.95. The number of anilines is 3. The maximum Gasteiger partial charge on any atom is 0.227 e. The molecule has 40 heavy (non-hydrogen) atoms. The number of benzene rings is 1. The van der Waals surface area contributed by atoms with Gasteiger partial charge in [0.05, 0.1) is 11.6 Å². The number of likely N-dealkylation sites (N-methyl/N-ethyl adjacent to an activating group) is 1. The highest BCUT2D eigenvalue weighted by atomic mass is 28.3. The van der Waals surface area contributed by atoms with Gasteiger partial charge < -0.3 is 15.1 Å². The molecule has 1 aliphatic heterocycles. The van der Waals surface area contributed by atoms with E-state index in [1.165, 1.54) is 5.69 Å². The number of allylic oxidation sites excluding steroid dienone is 2. The Morgan fingerprint density at radius 2 is 1.52 bits per heavy atom. The van der Waals surface area contributed by atoms with Crippen molar-refractivity contribution in [3.05, 3.63) is 47.8 Å². The lowest BCUT2D eigenvalue weighted by Crippen LogP contribution is -2.44. The number of carbonyl (C=O) groups is 1. The van der Waals surface area contributed by atoms with Crippen LogP contribution in [0.15, 0.2) is 36.5 Å². The van der Waals surface area contributed by atoms with Crippen molar-refractivity contribution in [3.8, 4) is 11.5 Å². The number of fused-ring (bicyclic) bond motifs is 1. The quantitative estimate of drug-likeness (QED) is 0.295. The van der Waals surface area contributed by atoms with Gasteiger partial charge in [-0.2, -0.15) is 0 Å². The molecule has 1 aromatic heterocycles. The molecule has 0 amide bonds. The zero-order valence-electron chi connectivity index (χ0n) is 25.9. The number of hydrogen-bond acceptors (Lipinski definition) is 6. The molecule has 0 bridgehead atoms. The van der Waals surface area contributed by atoms with E-state index in [0.29, 0.717) is 22.6 Å². The standard InChI is InChI=1S/C33H47N5OSi/c1-22(2)31-30(39)20-26(14-19-40(23(3)4,24(5)6)25(7)8)29-21-34-33(36-32(29)31)35-27-10-12-28(13-11-27)38-17-15-37(9)16-18-38/h10-13,20-25,31H,15-18H2,1-9H3,(H,34,35,36). The van der Waals surface area contributed by atoms with Crippen LogP contribution in [0.25, 0.3) is 5.57 Å². The van der Waals surface area contributed by atoms with Crippen molar-refractivity contribution in [1.82, 2.24) is 14.9 Å². The van der Waals surface area contributed by atoms with Crippen molar-refractivity contribution in [2.24, 2.45) is 5.92 Å². The van der Waals surface area contributed by atoms with Crippen LogP contribution < -0.4 is 10.2 Å². The number of nitrogens with one attached hydrogen (secondary N) is 1. The van der Waals surface area contributed by atoms with Gasteiger partial charge in [-0.3, -0.25) is 4.79 Å². The third-order valence-electron chi connectivity index (χ3n) is 8.93. The normalized spacial score (nSPS) is 18.2. The van der Waals surface area contributed by atoms with Crippen molar-refractivity contribution in [2.45, 2.75) is 77.9 Å². The van der Waals surface area contributed by atoms with Crippen LogP contribution in [-0.4, -0.2) is 62.0 Å². The predicted octanol–water partition coefficient (Wildman–Crippen LogP) is 6.90. The Bertz CT molecular complexity index is 1270. The SMILES string of the molecule is CC(C)C1C(=O)C=C(C#C[Si](C(C)C)(C(C)C)C(C)C)c2cnc(Nc3ccc(N4CCN(C)CC4)cc3)nc21. The molecule has 6 nitrogen and oxygen atoms in total. The lowest BCUT2D eigenvalue weighted by molar-refractivity contribution is -0.117. The predicted molar refractivity (Wildman–Crippen MR) is 171 cm³/mol. The van der Waals surface area contributed by atoms with Crippen LogP contribution in [0.1, 0.15) is 72.6 Å². The van der Waals surface area contributed by atoms with Crippen LogP contribution >= 0.6 is 0 Å². The number of nitrogens with zero attached hydrogens (tertiary/aromatic N) is 4. The average Bonchev–Trinajstić information content (AvgIpc) is 2.89. The van der Waals surface area contributed by atoms with Gasteiger partial charge in [0, 0.05) is 54.9 Å². The molecule has 2 aromatic rings. The van der Waals surface area contributed by atoms with E-state index < -0.39 is 8.07 Å². The zero-order chi connectivity index (χ0) is 29.2. The molecule has 7 heteroatoms. The highest BCUT2D eigenvalue weighted by Gasteiger charge is 2.42. The Balaban J connectivity index is 1.64. The first-order valence-electron chi connectivity index (χ1n) is 14.9. The van der Waals surface area contributed by atoms with Gasteiger partial charge in [0.2, 0.25) is 5.95 Å². The van der Waals surface area contributed by atoms with Crippen molar-refractivity contribution < 1.29 is 4.79 Å². The molecule has 0 spiro atoms. The fourth-order valence-corrected chi connectivity index (χ4v) is 11.9. The van der Waals surface area contributed by atoms with Gasteiger partial charge in [-0.15, -0.1) is 5.54 Å². The highest BCUT2D eigenvalue weighted by molar-refractivity contribution is 6.90. The molecule has 1 aromatic carbocycles. The van der Waals surface area contributed by atoms with Gasteiger partial charge in [-0.25, -0.2) is 9.97 Å². The molecule has 1 atom stereocenters. The molecule has 2 heterocycles. The number of piperazine rings is 1. The van der Waals surface area contributed by atoms with E-state index in [9.17, 15) is 4.79 Å². The number of hydrogen-bond donors (Lipinski definition) is 1. The van der Waals surface area contributed by atoms with Crippen molar-refractivity contribution in [2.75, 3.05) is 43.4 Å². The maximum absolute atomic E-state index is 13.4. The molecular weight excluding hydrogens is 510 g/mol. The summed E-state index contributed by atoms with van der Waals surface area (Å²) in [6, 6.07) is 8.45. The lowest BCUT2D eigenvalue weighted by Gasteiger charge is -2.38. The fraction of sp³-hybridized carbons (Fsp3) is 0.545. The Morgan fingerprint density at radius 3 is 2.08 bits per heavy atom. The van der Waals surface area contributed by atoms with E-state index in [2.05, 4.69) is 118 Å².